The first kappa shape index (κ1) is 8.30. The maximum atomic E-state index is 4.40. The molecule has 1 aromatic rings. The van der Waals surface area contributed by atoms with Gasteiger partial charge < -0.3 is 0 Å². The van der Waals surface area contributed by atoms with Gasteiger partial charge in [0.25, 0.3) is 0 Å². The topological polar surface area (TPSA) is 17.8 Å². The third-order valence-electron chi connectivity index (χ3n) is 2.63. The highest BCUT2D eigenvalue weighted by molar-refractivity contribution is 9.09. The molecular formula is C9H13BrN2. The zero-order valence-corrected chi connectivity index (χ0v) is 9.27. The van der Waals surface area contributed by atoms with Gasteiger partial charge in [-0.3, -0.25) is 4.68 Å². The average molecular weight is 229 g/mol. The lowest BCUT2D eigenvalue weighted by atomic mass is 10.1. The standard InChI is InChI=1S/C9H13BrN2/c1-6-7(2)11-12(3)8(6)9(10)4-5-9/h4-5H2,1-3H3. The molecule has 1 heterocycles. The highest BCUT2D eigenvalue weighted by Crippen LogP contribution is 2.54. The molecule has 0 N–H and O–H groups in total. The lowest BCUT2D eigenvalue weighted by Gasteiger charge is -2.08. The Bertz CT molecular complexity index is 324. The van der Waals surface area contributed by atoms with E-state index in [-0.39, 0.29) is 4.32 Å². The first-order chi connectivity index (χ1) is 5.54. The number of hydrogen-bond donors (Lipinski definition) is 0. The molecule has 12 heavy (non-hydrogen) atoms. The predicted molar refractivity (Wildman–Crippen MR) is 52.5 cm³/mol. The van der Waals surface area contributed by atoms with Crippen molar-refractivity contribution in [1.82, 2.24) is 9.78 Å². The van der Waals surface area contributed by atoms with Crippen LogP contribution in [0.5, 0.6) is 0 Å². The third-order valence-corrected chi connectivity index (χ3v) is 3.80. The molecule has 0 unspecified atom stereocenters. The van der Waals surface area contributed by atoms with Gasteiger partial charge in [0.05, 0.1) is 15.7 Å². The second-order valence-corrected chi connectivity index (χ2v) is 5.17. The van der Waals surface area contributed by atoms with Gasteiger partial charge in [-0.1, -0.05) is 15.9 Å². The van der Waals surface area contributed by atoms with Crippen LogP contribution in [0.25, 0.3) is 0 Å². The molecule has 0 aromatic carbocycles. The van der Waals surface area contributed by atoms with Crippen LogP contribution in [-0.4, -0.2) is 9.78 Å². The van der Waals surface area contributed by atoms with Crippen LogP contribution >= 0.6 is 15.9 Å². The number of halogens is 1. The minimum atomic E-state index is 0.257. The van der Waals surface area contributed by atoms with Crippen molar-refractivity contribution in [2.45, 2.75) is 31.0 Å². The summed E-state index contributed by atoms with van der Waals surface area (Å²) in [6.45, 7) is 4.22. The van der Waals surface area contributed by atoms with Gasteiger partial charge >= 0.3 is 0 Å². The van der Waals surface area contributed by atoms with Gasteiger partial charge in [0.1, 0.15) is 0 Å². The second kappa shape index (κ2) is 2.34. The average Bonchev–Trinajstić information content (AvgIpc) is 2.62. The van der Waals surface area contributed by atoms with Crippen LogP contribution in [0.3, 0.4) is 0 Å². The van der Waals surface area contributed by atoms with Crippen LogP contribution in [0, 0.1) is 13.8 Å². The maximum Gasteiger partial charge on any atom is 0.0678 e. The quantitative estimate of drug-likeness (QED) is 0.676. The van der Waals surface area contributed by atoms with E-state index in [1.54, 1.807) is 0 Å². The van der Waals surface area contributed by atoms with Crippen LogP contribution < -0.4 is 0 Å². The fourth-order valence-corrected chi connectivity index (χ4v) is 2.49. The van der Waals surface area contributed by atoms with Crippen molar-refractivity contribution in [3.05, 3.63) is 17.0 Å². The monoisotopic (exact) mass is 228 g/mol. The van der Waals surface area contributed by atoms with Crippen LogP contribution in [-0.2, 0) is 11.4 Å². The highest BCUT2D eigenvalue weighted by atomic mass is 79.9. The summed E-state index contributed by atoms with van der Waals surface area (Å²) in [5.74, 6) is 0. The maximum absolute atomic E-state index is 4.40. The van der Waals surface area contributed by atoms with E-state index in [2.05, 4.69) is 34.9 Å². The molecule has 1 aliphatic rings. The van der Waals surface area contributed by atoms with Gasteiger partial charge in [-0.15, -0.1) is 0 Å². The molecule has 66 valence electrons. The fourth-order valence-electron chi connectivity index (χ4n) is 1.74. The van der Waals surface area contributed by atoms with Gasteiger partial charge in [-0.25, -0.2) is 0 Å². The van der Waals surface area contributed by atoms with Crippen molar-refractivity contribution in [2.75, 3.05) is 0 Å². The molecule has 0 aliphatic heterocycles. The van der Waals surface area contributed by atoms with E-state index >= 15 is 0 Å². The molecule has 2 rings (SSSR count). The van der Waals surface area contributed by atoms with Crippen molar-refractivity contribution in [3.63, 3.8) is 0 Å². The van der Waals surface area contributed by atoms with E-state index in [4.69, 9.17) is 0 Å². The number of rotatable bonds is 1. The Hall–Kier alpha value is -0.310. The van der Waals surface area contributed by atoms with Crippen LogP contribution in [0.2, 0.25) is 0 Å². The van der Waals surface area contributed by atoms with Gasteiger partial charge in [-0.05, 0) is 32.3 Å². The predicted octanol–water partition coefficient (Wildman–Crippen LogP) is 2.42. The largest absolute Gasteiger partial charge is 0.271 e. The SMILES string of the molecule is Cc1nn(C)c(C2(Br)CC2)c1C. The summed E-state index contributed by atoms with van der Waals surface area (Å²) in [6, 6.07) is 0. The lowest BCUT2D eigenvalue weighted by molar-refractivity contribution is 0.696. The number of aryl methyl sites for hydroxylation is 2. The summed E-state index contributed by atoms with van der Waals surface area (Å²) < 4.78 is 2.26. The molecule has 0 saturated heterocycles. The molecule has 1 aliphatic carbocycles. The Balaban J connectivity index is 2.55. The molecule has 2 nitrogen and oxygen atoms in total. The molecule has 0 amide bonds. The second-order valence-electron chi connectivity index (χ2n) is 3.65. The summed E-state index contributed by atoms with van der Waals surface area (Å²) in [5, 5.41) is 4.40. The van der Waals surface area contributed by atoms with Gasteiger partial charge in [0, 0.05) is 7.05 Å². The van der Waals surface area contributed by atoms with Crippen LogP contribution in [0.4, 0.5) is 0 Å². The van der Waals surface area contributed by atoms with Crippen LogP contribution in [0.1, 0.15) is 29.8 Å². The molecule has 0 atom stereocenters. The third kappa shape index (κ3) is 1.03. The molecule has 1 aromatic heterocycles. The Morgan fingerprint density at radius 2 is 2.00 bits per heavy atom. The minimum Gasteiger partial charge on any atom is -0.271 e. The molecule has 0 radical (unpaired) electrons. The van der Waals surface area contributed by atoms with E-state index < -0.39 is 0 Å². The van der Waals surface area contributed by atoms with E-state index in [0.29, 0.717) is 0 Å². The first-order valence-electron chi connectivity index (χ1n) is 4.24. The Morgan fingerprint density at radius 1 is 1.42 bits per heavy atom. The summed E-state index contributed by atoms with van der Waals surface area (Å²) in [6.07, 6.45) is 2.49. The fraction of sp³-hybridized carbons (Fsp3) is 0.667. The van der Waals surface area contributed by atoms with E-state index in [0.717, 1.165) is 5.69 Å². The zero-order valence-electron chi connectivity index (χ0n) is 7.69. The number of aromatic nitrogens is 2. The Kier molecular flexibility index (Phi) is 1.62. The molecule has 1 saturated carbocycles. The molecule has 0 bridgehead atoms. The molecule has 3 heteroatoms. The van der Waals surface area contributed by atoms with Crippen molar-refractivity contribution in [3.8, 4) is 0 Å². The van der Waals surface area contributed by atoms with Gasteiger partial charge in [-0.2, -0.15) is 5.10 Å². The van der Waals surface area contributed by atoms with Crippen molar-refractivity contribution < 1.29 is 0 Å². The van der Waals surface area contributed by atoms with Gasteiger partial charge in [0.15, 0.2) is 0 Å². The summed E-state index contributed by atoms with van der Waals surface area (Å²) >= 11 is 3.75. The van der Waals surface area contributed by atoms with Crippen molar-refractivity contribution >= 4 is 15.9 Å². The zero-order chi connectivity index (χ0) is 8.93. The van der Waals surface area contributed by atoms with E-state index in [9.17, 15) is 0 Å². The highest BCUT2D eigenvalue weighted by Gasteiger charge is 2.45. The van der Waals surface area contributed by atoms with Crippen LogP contribution in [0.15, 0.2) is 0 Å². The minimum absolute atomic E-state index is 0.257. The summed E-state index contributed by atoms with van der Waals surface area (Å²) in [7, 11) is 2.02. The number of alkyl halides is 1. The van der Waals surface area contributed by atoms with Gasteiger partial charge in [0.2, 0.25) is 0 Å². The number of nitrogens with zero attached hydrogens (tertiary/aromatic N) is 2. The lowest BCUT2D eigenvalue weighted by Crippen LogP contribution is -2.06. The number of hydrogen-bond acceptors (Lipinski definition) is 1. The first-order valence-corrected chi connectivity index (χ1v) is 5.03. The smallest absolute Gasteiger partial charge is 0.0678 e. The van der Waals surface area contributed by atoms with Crippen molar-refractivity contribution in [1.29, 1.82) is 0 Å². The van der Waals surface area contributed by atoms with E-state index in [1.165, 1.54) is 24.1 Å². The van der Waals surface area contributed by atoms with Crippen molar-refractivity contribution in [2.24, 2.45) is 7.05 Å². The molecule has 1 fully saturated rings. The molecule has 0 spiro atoms. The summed E-state index contributed by atoms with van der Waals surface area (Å²) in [5.41, 5.74) is 3.85. The Morgan fingerprint density at radius 3 is 2.33 bits per heavy atom. The Labute approximate surface area is 81.1 Å². The normalized spacial score (nSPS) is 19.7. The summed E-state index contributed by atoms with van der Waals surface area (Å²) in [4.78, 5) is 0. The van der Waals surface area contributed by atoms with E-state index in [1.807, 2.05) is 11.7 Å². The molecular weight excluding hydrogens is 216 g/mol.